The molecule has 1 aliphatic carbocycles. The Bertz CT molecular complexity index is 1170. The number of fused-ring (bicyclic) bond motifs is 2. The maximum atomic E-state index is 12.6. The second-order valence-electron chi connectivity index (χ2n) is 7.78. The van der Waals surface area contributed by atoms with Gasteiger partial charge < -0.3 is 10.1 Å². The molecular formula is C24H25N3O4. The summed E-state index contributed by atoms with van der Waals surface area (Å²) in [5.41, 5.74) is 2.88. The van der Waals surface area contributed by atoms with Gasteiger partial charge in [-0.3, -0.25) is 19.1 Å². The van der Waals surface area contributed by atoms with E-state index in [1.54, 1.807) is 29.8 Å². The Labute approximate surface area is 180 Å². The maximum Gasteiger partial charge on any atom is 0.308 e. The molecule has 0 unspecified atom stereocenters. The number of esters is 1. The molecule has 2 atom stereocenters. The van der Waals surface area contributed by atoms with Crippen molar-refractivity contribution in [3.05, 3.63) is 76.1 Å². The number of aryl methyl sites for hydroxylation is 2. The number of carbonyl (C=O) groups excluding carboxylic acids is 2. The van der Waals surface area contributed by atoms with Crippen LogP contribution in [-0.4, -0.2) is 27.8 Å². The second kappa shape index (κ2) is 9.12. The Morgan fingerprint density at radius 2 is 1.97 bits per heavy atom. The normalized spacial score (nSPS) is 16.4. The van der Waals surface area contributed by atoms with Crippen molar-refractivity contribution in [3.63, 3.8) is 0 Å². The zero-order valence-electron chi connectivity index (χ0n) is 17.4. The van der Waals surface area contributed by atoms with Gasteiger partial charge in [-0.25, -0.2) is 0 Å². The number of nitrogens with one attached hydrogen (secondary N) is 1. The summed E-state index contributed by atoms with van der Waals surface area (Å²) < 4.78 is 6.94. The standard InChI is InChI=1S/C24H25N3O4/c1-16(24(30)26-20-11-6-8-17-7-2-3-9-18(17)20)31-23(29)13-14-27-21-12-5-4-10-19(21)22(28)15-25-27/h2-5,7,9-10,12,15-16,20H,6,8,11,13-14H2,1H3,(H,26,30)/t16-,20+/m1/s1. The smallest absolute Gasteiger partial charge is 0.308 e. The largest absolute Gasteiger partial charge is 0.452 e. The van der Waals surface area contributed by atoms with Crippen molar-refractivity contribution in [2.24, 2.45) is 0 Å². The van der Waals surface area contributed by atoms with Crippen LogP contribution in [0.5, 0.6) is 0 Å². The number of carbonyl (C=O) groups is 2. The van der Waals surface area contributed by atoms with Crippen LogP contribution in [0, 0.1) is 0 Å². The lowest BCUT2D eigenvalue weighted by Crippen LogP contribution is -2.39. The zero-order valence-corrected chi connectivity index (χ0v) is 17.4. The van der Waals surface area contributed by atoms with E-state index >= 15 is 0 Å². The van der Waals surface area contributed by atoms with Crippen LogP contribution in [0.25, 0.3) is 10.9 Å². The molecule has 3 aromatic rings. The van der Waals surface area contributed by atoms with Gasteiger partial charge in [-0.1, -0.05) is 36.4 Å². The topological polar surface area (TPSA) is 90.3 Å². The molecular weight excluding hydrogens is 394 g/mol. The minimum atomic E-state index is -0.889. The molecule has 1 N–H and O–H groups in total. The van der Waals surface area contributed by atoms with Crippen molar-refractivity contribution in [3.8, 4) is 0 Å². The number of hydrogen-bond acceptors (Lipinski definition) is 5. The van der Waals surface area contributed by atoms with Crippen LogP contribution in [0.15, 0.2) is 59.5 Å². The number of rotatable bonds is 6. The lowest BCUT2D eigenvalue weighted by Gasteiger charge is -2.27. The van der Waals surface area contributed by atoms with E-state index in [2.05, 4.69) is 16.5 Å². The number of benzene rings is 2. The maximum absolute atomic E-state index is 12.6. The van der Waals surface area contributed by atoms with Gasteiger partial charge in [-0.05, 0) is 49.4 Å². The summed E-state index contributed by atoms with van der Waals surface area (Å²) >= 11 is 0. The molecule has 0 fully saturated rings. The van der Waals surface area contributed by atoms with Crippen LogP contribution in [0.3, 0.4) is 0 Å². The number of amides is 1. The quantitative estimate of drug-likeness (QED) is 0.621. The SMILES string of the molecule is C[C@@H](OC(=O)CCn1ncc(=O)c2ccccc21)C(=O)N[C@H]1CCCc2ccccc21. The first-order valence-corrected chi connectivity index (χ1v) is 10.6. The van der Waals surface area contributed by atoms with Gasteiger partial charge in [0.1, 0.15) is 0 Å². The van der Waals surface area contributed by atoms with E-state index < -0.39 is 12.1 Å². The number of aromatic nitrogens is 2. The lowest BCUT2D eigenvalue weighted by molar-refractivity contribution is -0.155. The summed E-state index contributed by atoms with van der Waals surface area (Å²) in [5.74, 6) is -0.793. The first-order chi connectivity index (χ1) is 15.0. The summed E-state index contributed by atoms with van der Waals surface area (Å²) in [5, 5.41) is 7.67. The second-order valence-corrected chi connectivity index (χ2v) is 7.78. The Morgan fingerprint density at radius 1 is 1.19 bits per heavy atom. The van der Waals surface area contributed by atoms with Crippen molar-refractivity contribution < 1.29 is 14.3 Å². The summed E-state index contributed by atoms with van der Waals surface area (Å²) in [4.78, 5) is 36.8. The molecule has 0 radical (unpaired) electrons. The van der Waals surface area contributed by atoms with E-state index in [4.69, 9.17) is 4.74 Å². The third kappa shape index (κ3) is 4.66. The van der Waals surface area contributed by atoms with Crippen molar-refractivity contribution in [2.75, 3.05) is 0 Å². The van der Waals surface area contributed by atoms with Crippen molar-refractivity contribution in [1.29, 1.82) is 0 Å². The first kappa shape index (κ1) is 20.8. The molecule has 0 aliphatic heterocycles. The van der Waals surface area contributed by atoms with Crippen molar-refractivity contribution in [1.82, 2.24) is 15.1 Å². The van der Waals surface area contributed by atoms with Crippen LogP contribution >= 0.6 is 0 Å². The molecule has 0 saturated carbocycles. The molecule has 1 aromatic heterocycles. The molecule has 0 spiro atoms. The summed E-state index contributed by atoms with van der Waals surface area (Å²) in [6, 6.07) is 15.2. The van der Waals surface area contributed by atoms with Crippen LogP contribution in [0.1, 0.15) is 43.4 Å². The highest BCUT2D eigenvalue weighted by molar-refractivity contribution is 5.84. The van der Waals surface area contributed by atoms with E-state index in [0.717, 1.165) is 24.8 Å². The Kier molecular flexibility index (Phi) is 6.11. The molecule has 1 heterocycles. The van der Waals surface area contributed by atoms with E-state index in [1.807, 2.05) is 24.3 Å². The third-order valence-electron chi connectivity index (χ3n) is 5.65. The number of para-hydroxylation sites is 1. The van der Waals surface area contributed by atoms with Gasteiger partial charge in [0, 0.05) is 5.39 Å². The Morgan fingerprint density at radius 3 is 2.84 bits per heavy atom. The van der Waals surface area contributed by atoms with E-state index in [1.165, 1.54) is 11.8 Å². The van der Waals surface area contributed by atoms with Gasteiger partial charge in [0.15, 0.2) is 6.10 Å². The van der Waals surface area contributed by atoms with E-state index in [9.17, 15) is 14.4 Å². The molecule has 0 saturated heterocycles. The van der Waals surface area contributed by atoms with E-state index in [0.29, 0.717) is 10.9 Å². The number of nitrogens with zero attached hydrogens (tertiary/aromatic N) is 2. The summed E-state index contributed by atoms with van der Waals surface area (Å²) in [6.45, 7) is 1.83. The van der Waals surface area contributed by atoms with Gasteiger partial charge in [0.2, 0.25) is 5.43 Å². The lowest BCUT2D eigenvalue weighted by atomic mass is 9.87. The highest BCUT2D eigenvalue weighted by atomic mass is 16.5. The van der Waals surface area contributed by atoms with Gasteiger partial charge in [-0.15, -0.1) is 0 Å². The summed E-state index contributed by atoms with van der Waals surface area (Å²) in [6.07, 6.45) is 3.29. The molecule has 2 aromatic carbocycles. The van der Waals surface area contributed by atoms with Gasteiger partial charge in [0.25, 0.3) is 5.91 Å². The number of hydrogen-bond donors (Lipinski definition) is 1. The van der Waals surface area contributed by atoms with Gasteiger partial charge in [-0.2, -0.15) is 5.10 Å². The average molecular weight is 419 g/mol. The van der Waals surface area contributed by atoms with Crippen LogP contribution in [0.2, 0.25) is 0 Å². The minimum absolute atomic E-state index is 0.0454. The Hall–Kier alpha value is -3.48. The first-order valence-electron chi connectivity index (χ1n) is 10.6. The predicted molar refractivity (Wildman–Crippen MR) is 116 cm³/mol. The third-order valence-corrected chi connectivity index (χ3v) is 5.65. The molecule has 4 rings (SSSR count). The Balaban J connectivity index is 1.34. The van der Waals surface area contributed by atoms with Crippen molar-refractivity contribution in [2.45, 2.75) is 51.3 Å². The molecule has 7 heteroatoms. The van der Waals surface area contributed by atoms with E-state index in [-0.39, 0.29) is 30.3 Å². The summed E-state index contributed by atoms with van der Waals surface area (Å²) in [7, 11) is 0. The minimum Gasteiger partial charge on any atom is -0.452 e. The fourth-order valence-electron chi connectivity index (χ4n) is 4.04. The van der Waals surface area contributed by atoms with Crippen LogP contribution in [-0.2, 0) is 27.3 Å². The molecule has 160 valence electrons. The molecule has 1 aliphatic rings. The van der Waals surface area contributed by atoms with Crippen LogP contribution < -0.4 is 10.7 Å². The van der Waals surface area contributed by atoms with Gasteiger partial charge in [0.05, 0.1) is 30.7 Å². The highest BCUT2D eigenvalue weighted by Crippen LogP contribution is 2.29. The van der Waals surface area contributed by atoms with Gasteiger partial charge >= 0.3 is 5.97 Å². The number of ether oxygens (including phenoxy) is 1. The predicted octanol–water partition coefficient (Wildman–Crippen LogP) is 2.91. The molecule has 0 bridgehead atoms. The zero-order chi connectivity index (χ0) is 21.8. The fraction of sp³-hybridized carbons (Fsp3) is 0.333. The molecule has 1 amide bonds. The fourth-order valence-corrected chi connectivity index (χ4v) is 4.04. The molecule has 31 heavy (non-hydrogen) atoms. The highest BCUT2D eigenvalue weighted by Gasteiger charge is 2.25. The van der Waals surface area contributed by atoms with Crippen molar-refractivity contribution >= 4 is 22.8 Å². The average Bonchev–Trinajstić information content (AvgIpc) is 2.79. The van der Waals surface area contributed by atoms with Crippen LogP contribution in [0.4, 0.5) is 0 Å². The molecule has 7 nitrogen and oxygen atoms in total. The monoisotopic (exact) mass is 419 g/mol.